The number of thiophene rings is 1. The number of nitrogens with one attached hydrogen (secondary N) is 1. The van der Waals surface area contributed by atoms with Gasteiger partial charge in [0.1, 0.15) is 0 Å². The van der Waals surface area contributed by atoms with E-state index in [2.05, 4.69) is 33.0 Å². The van der Waals surface area contributed by atoms with E-state index < -0.39 is 0 Å². The largest absolute Gasteiger partial charge is 0.399 e. The normalized spacial score (nSPS) is 20.0. The number of hydrogen-bond donors (Lipinski definition) is 2. The van der Waals surface area contributed by atoms with Crippen molar-refractivity contribution in [2.75, 3.05) is 5.73 Å². The highest BCUT2D eigenvalue weighted by Gasteiger charge is 2.65. The highest BCUT2D eigenvalue weighted by atomic mass is 32.1. The Hall–Kier alpha value is -1.55. The van der Waals surface area contributed by atoms with E-state index in [0.717, 1.165) is 20.7 Å². The lowest BCUT2D eigenvalue weighted by Crippen LogP contribution is -2.29. The Kier molecular flexibility index (Phi) is 2.67. The quantitative estimate of drug-likeness (QED) is 0.829. The maximum absolute atomic E-state index is 12.4. The van der Waals surface area contributed by atoms with Crippen molar-refractivity contribution in [1.29, 1.82) is 0 Å². The summed E-state index contributed by atoms with van der Waals surface area (Å²) in [6.07, 6.45) is 0. The van der Waals surface area contributed by atoms with Crippen LogP contribution in [0.4, 0.5) is 5.69 Å². The number of rotatable bonds is 2. The van der Waals surface area contributed by atoms with E-state index >= 15 is 0 Å². The first-order valence-corrected chi connectivity index (χ1v) is 7.65. The van der Waals surface area contributed by atoms with Crippen LogP contribution in [0.2, 0.25) is 0 Å². The highest BCUT2D eigenvalue weighted by molar-refractivity contribution is 7.20. The van der Waals surface area contributed by atoms with E-state index in [1.165, 1.54) is 11.3 Å². The number of carbonyl (C=O) groups is 1. The number of nitrogen functional groups attached to an aromatic ring is 1. The molecule has 0 aliphatic heterocycles. The average molecular weight is 288 g/mol. The van der Waals surface area contributed by atoms with Gasteiger partial charge in [0.25, 0.3) is 5.91 Å². The zero-order valence-corrected chi connectivity index (χ0v) is 13.1. The Labute approximate surface area is 123 Å². The van der Waals surface area contributed by atoms with Crippen molar-refractivity contribution in [3.8, 4) is 0 Å². The first kappa shape index (κ1) is 13.4. The Morgan fingerprint density at radius 2 is 1.85 bits per heavy atom. The molecule has 1 heterocycles. The SMILES string of the molecule is CC1(C)C(NC(=O)c2cc3cc(N)ccc3s2)C1(C)C. The second-order valence-corrected chi connectivity index (χ2v) is 7.84. The summed E-state index contributed by atoms with van der Waals surface area (Å²) in [5.41, 5.74) is 6.82. The summed E-state index contributed by atoms with van der Waals surface area (Å²) in [4.78, 5) is 13.1. The highest BCUT2D eigenvalue weighted by Crippen LogP contribution is 2.62. The molecule has 4 heteroatoms. The predicted octanol–water partition coefficient (Wildman–Crippen LogP) is 3.65. The van der Waals surface area contributed by atoms with E-state index in [0.29, 0.717) is 0 Å². The topological polar surface area (TPSA) is 55.1 Å². The fourth-order valence-corrected chi connectivity index (χ4v) is 3.88. The third kappa shape index (κ3) is 1.82. The molecule has 3 rings (SSSR count). The summed E-state index contributed by atoms with van der Waals surface area (Å²) in [7, 11) is 0. The van der Waals surface area contributed by atoms with Gasteiger partial charge in [-0.15, -0.1) is 11.3 Å². The molecule has 0 atom stereocenters. The minimum Gasteiger partial charge on any atom is -0.399 e. The van der Waals surface area contributed by atoms with Gasteiger partial charge in [0.15, 0.2) is 0 Å². The number of amides is 1. The summed E-state index contributed by atoms with van der Waals surface area (Å²) >= 11 is 1.52. The molecule has 3 nitrogen and oxygen atoms in total. The van der Waals surface area contributed by atoms with Gasteiger partial charge in [-0.3, -0.25) is 4.79 Å². The zero-order chi connectivity index (χ0) is 14.7. The van der Waals surface area contributed by atoms with E-state index in [1.54, 1.807) is 0 Å². The second-order valence-electron chi connectivity index (χ2n) is 6.76. The molecular formula is C16H20N2OS. The Morgan fingerprint density at radius 3 is 2.45 bits per heavy atom. The molecule has 1 aliphatic carbocycles. The van der Waals surface area contributed by atoms with Crippen LogP contribution in [0.1, 0.15) is 37.4 Å². The molecule has 0 radical (unpaired) electrons. The Balaban J connectivity index is 1.83. The van der Waals surface area contributed by atoms with Crippen LogP contribution < -0.4 is 11.1 Å². The molecule has 1 aliphatic rings. The van der Waals surface area contributed by atoms with E-state index in [9.17, 15) is 4.79 Å². The molecule has 0 bridgehead atoms. The number of hydrogen-bond acceptors (Lipinski definition) is 3. The van der Waals surface area contributed by atoms with Crippen LogP contribution in [0, 0.1) is 10.8 Å². The maximum Gasteiger partial charge on any atom is 0.261 e. The summed E-state index contributed by atoms with van der Waals surface area (Å²) < 4.78 is 1.10. The number of anilines is 1. The van der Waals surface area contributed by atoms with Gasteiger partial charge in [-0.2, -0.15) is 0 Å². The molecule has 1 amide bonds. The van der Waals surface area contributed by atoms with E-state index in [1.807, 2.05) is 24.3 Å². The van der Waals surface area contributed by atoms with Gasteiger partial charge in [-0.1, -0.05) is 27.7 Å². The lowest BCUT2D eigenvalue weighted by atomic mass is 10.0. The van der Waals surface area contributed by atoms with Crippen molar-refractivity contribution in [2.45, 2.75) is 33.7 Å². The van der Waals surface area contributed by atoms with Crippen LogP contribution in [-0.2, 0) is 0 Å². The summed E-state index contributed by atoms with van der Waals surface area (Å²) in [6, 6.07) is 7.91. The zero-order valence-electron chi connectivity index (χ0n) is 12.3. The molecule has 20 heavy (non-hydrogen) atoms. The summed E-state index contributed by atoms with van der Waals surface area (Å²) in [5, 5.41) is 4.20. The van der Waals surface area contributed by atoms with Crippen LogP contribution in [0.5, 0.6) is 0 Å². The molecule has 1 aromatic heterocycles. The van der Waals surface area contributed by atoms with Gasteiger partial charge in [0.05, 0.1) is 4.88 Å². The van der Waals surface area contributed by atoms with Gasteiger partial charge in [0, 0.05) is 16.4 Å². The third-order valence-electron chi connectivity index (χ3n) is 5.06. The fourth-order valence-electron chi connectivity index (χ4n) is 2.93. The average Bonchev–Trinajstić information content (AvgIpc) is 2.70. The van der Waals surface area contributed by atoms with Gasteiger partial charge in [0.2, 0.25) is 0 Å². The van der Waals surface area contributed by atoms with Crippen LogP contribution >= 0.6 is 11.3 Å². The van der Waals surface area contributed by atoms with Crippen molar-refractivity contribution < 1.29 is 4.79 Å². The van der Waals surface area contributed by atoms with Gasteiger partial charge in [-0.05, 0) is 40.5 Å². The van der Waals surface area contributed by atoms with Crippen molar-refractivity contribution >= 4 is 33.0 Å². The molecular weight excluding hydrogens is 268 g/mol. The first-order valence-electron chi connectivity index (χ1n) is 6.83. The molecule has 3 N–H and O–H groups in total. The van der Waals surface area contributed by atoms with Crippen LogP contribution in [0.15, 0.2) is 24.3 Å². The van der Waals surface area contributed by atoms with Crippen molar-refractivity contribution in [2.24, 2.45) is 10.8 Å². The maximum atomic E-state index is 12.4. The Bertz CT molecular complexity index is 686. The summed E-state index contributed by atoms with van der Waals surface area (Å²) in [5.74, 6) is 0.0217. The standard InChI is InChI=1S/C16H20N2OS/c1-15(2)14(16(15,3)4)18-13(19)12-8-9-7-10(17)5-6-11(9)20-12/h5-8,14H,17H2,1-4H3,(H,18,19). The van der Waals surface area contributed by atoms with Crippen LogP contribution in [-0.4, -0.2) is 11.9 Å². The van der Waals surface area contributed by atoms with Gasteiger partial charge >= 0.3 is 0 Å². The van der Waals surface area contributed by atoms with Crippen LogP contribution in [0.3, 0.4) is 0 Å². The number of nitrogens with two attached hydrogens (primary N) is 1. The smallest absolute Gasteiger partial charge is 0.261 e. The molecule has 1 fully saturated rings. The second kappa shape index (κ2) is 3.98. The minimum absolute atomic E-state index is 0.0217. The van der Waals surface area contributed by atoms with E-state index in [-0.39, 0.29) is 22.8 Å². The monoisotopic (exact) mass is 288 g/mol. The minimum atomic E-state index is 0.0217. The molecule has 106 valence electrons. The fraction of sp³-hybridized carbons (Fsp3) is 0.438. The van der Waals surface area contributed by atoms with Crippen molar-refractivity contribution in [3.05, 3.63) is 29.1 Å². The number of carbonyl (C=O) groups excluding carboxylic acids is 1. The molecule has 1 saturated carbocycles. The summed E-state index contributed by atoms with van der Waals surface area (Å²) in [6.45, 7) is 8.79. The lowest BCUT2D eigenvalue weighted by molar-refractivity contribution is 0.0948. The predicted molar refractivity (Wildman–Crippen MR) is 85.1 cm³/mol. The Morgan fingerprint density at radius 1 is 1.20 bits per heavy atom. The van der Waals surface area contributed by atoms with Gasteiger partial charge in [-0.25, -0.2) is 0 Å². The molecule has 0 spiro atoms. The van der Waals surface area contributed by atoms with Gasteiger partial charge < -0.3 is 11.1 Å². The lowest BCUT2D eigenvalue weighted by Gasteiger charge is -2.04. The number of benzene rings is 1. The molecule has 1 aromatic carbocycles. The first-order chi connectivity index (χ1) is 9.23. The van der Waals surface area contributed by atoms with E-state index in [4.69, 9.17) is 5.73 Å². The molecule has 2 aromatic rings. The molecule has 0 saturated heterocycles. The molecule has 0 unspecified atom stereocenters. The third-order valence-corrected chi connectivity index (χ3v) is 6.18. The van der Waals surface area contributed by atoms with Crippen molar-refractivity contribution in [1.82, 2.24) is 5.32 Å². The van der Waals surface area contributed by atoms with Crippen molar-refractivity contribution in [3.63, 3.8) is 0 Å². The van der Waals surface area contributed by atoms with Crippen LogP contribution in [0.25, 0.3) is 10.1 Å². The number of fused-ring (bicyclic) bond motifs is 1.